The third-order valence-corrected chi connectivity index (χ3v) is 7.11. The minimum atomic E-state index is -0.840. The molecule has 0 aliphatic carbocycles. The van der Waals surface area contributed by atoms with E-state index in [1.165, 1.54) is 24.3 Å². The summed E-state index contributed by atoms with van der Waals surface area (Å²) in [6.45, 7) is 4.78. The summed E-state index contributed by atoms with van der Waals surface area (Å²) in [7, 11) is 0. The number of fused-ring (bicyclic) bond motifs is 1. The van der Waals surface area contributed by atoms with E-state index in [1.807, 2.05) is 19.2 Å². The maximum atomic E-state index is 13.4. The average Bonchev–Trinajstić information content (AvgIpc) is 3.38. The number of piperazine rings is 1. The first kappa shape index (κ1) is 23.9. The third-order valence-electron chi connectivity index (χ3n) is 7.11. The van der Waals surface area contributed by atoms with E-state index >= 15 is 0 Å². The van der Waals surface area contributed by atoms with Gasteiger partial charge in [0, 0.05) is 55.9 Å². The van der Waals surface area contributed by atoms with Crippen LogP contribution in [-0.2, 0) is 5.54 Å². The number of halogens is 2. The van der Waals surface area contributed by atoms with Crippen LogP contribution in [-0.4, -0.2) is 50.7 Å². The van der Waals surface area contributed by atoms with E-state index in [0.29, 0.717) is 5.95 Å². The molecule has 2 aromatic carbocycles. The van der Waals surface area contributed by atoms with Crippen LogP contribution in [0.2, 0.25) is 0 Å². The largest absolute Gasteiger partial charge is 0.351 e. The Morgan fingerprint density at radius 3 is 2.03 bits per heavy atom. The maximum absolute atomic E-state index is 13.4. The molecule has 1 aliphatic rings. The molecular formula is C28H26F2N8. The van der Waals surface area contributed by atoms with Crippen molar-refractivity contribution in [2.24, 2.45) is 5.73 Å². The van der Waals surface area contributed by atoms with Gasteiger partial charge in [-0.3, -0.25) is 0 Å². The van der Waals surface area contributed by atoms with Crippen molar-refractivity contribution >= 4 is 17.3 Å². The molecule has 0 spiro atoms. The fraction of sp³-hybridized carbons (Fsp3) is 0.214. The van der Waals surface area contributed by atoms with Gasteiger partial charge in [0.25, 0.3) is 0 Å². The first-order valence-electron chi connectivity index (χ1n) is 12.4. The van der Waals surface area contributed by atoms with Gasteiger partial charge in [-0.1, -0.05) is 24.3 Å². The topological polar surface area (TPSA) is 88.5 Å². The molecule has 0 radical (unpaired) electrons. The number of nitrogens with zero attached hydrogens (tertiary/aromatic N) is 7. The summed E-state index contributed by atoms with van der Waals surface area (Å²) >= 11 is 0. The highest BCUT2D eigenvalue weighted by Gasteiger charge is 2.26. The number of anilines is 2. The number of hydrogen-bond acceptors (Lipinski definition) is 7. The van der Waals surface area contributed by atoms with Crippen molar-refractivity contribution in [1.29, 1.82) is 0 Å². The summed E-state index contributed by atoms with van der Waals surface area (Å²) in [5.41, 5.74) is 10.0. The van der Waals surface area contributed by atoms with Crippen LogP contribution in [0.15, 0.2) is 79.5 Å². The van der Waals surface area contributed by atoms with Crippen molar-refractivity contribution in [3.63, 3.8) is 0 Å². The molecule has 2 N–H and O–H groups in total. The highest BCUT2D eigenvalue weighted by atomic mass is 19.1. The molecule has 192 valence electrons. The van der Waals surface area contributed by atoms with Gasteiger partial charge in [-0.05, 0) is 48.4 Å². The molecule has 1 saturated heterocycles. The Morgan fingerprint density at radius 1 is 0.763 bits per heavy atom. The van der Waals surface area contributed by atoms with E-state index in [0.717, 1.165) is 59.8 Å². The number of rotatable bonds is 5. The highest BCUT2D eigenvalue weighted by molar-refractivity contribution is 5.77. The van der Waals surface area contributed by atoms with Gasteiger partial charge in [0.05, 0.1) is 5.54 Å². The van der Waals surface area contributed by atoms with Crippen LogP contribution in [0.25, 0.3) is 16.6 Å². The summed E-state index contributed by atoms with van der Waals surface area (Å²) in [6.07, 6.45) is 6.96. The minimum Gasteiger partial charge on any atom is -0.351 e. The standard InChI is InChI=1S/C28H26F2N8/c1-28(31,21-4-8-24(30)9-5-21)22-15-32-27(33-16-22)37-12-10-36(11-13-37)26-25-14-20(17-38(25)35-18-34-26)19-2-6-23(29)7-3-19/h2-9,14-18H,10-13,31H2,1H3/t28-/m0/s1. The number of hydrogen-bond donors (Lipinski definition) is 1. The Labute approximate surface area is 218 Å². The second-order valence-electron chi connectivity index (χ2n) is 9.60. The van der Waals surface area contributed by atoms with Crippen molar-refractivity contribution in [2.75, 3.05) is 36.0 Å². The Morgan fingerprint density at radius 2 is 1.37 bits per heavy atom. The predicted molar refractivity (Wildman–Crippen MR) is 142 cm³/mol. The van der Waals surface area contributed by atoms with Crippen molar-refractivity contribution < 1.29 is 8.78 Å². The Balaban J connectivity index is 1.16. The molecule has 4 heterocycles. The zero-order valence-electron chi connectivity index (χ0n) is 20.8. The Bertz CT molecular complexity index is 1560. The molecule has 1 atom stereocenters. The molecular weight excluding hydrogens is 486 g/mol. The average molecular weight is 513 g/mol. The van der Waals surface area contributed by atoms with E-state index in [2.05, 4.69) is 29.9 Å². The van der Waals surface area contributed by atoms with Crippen molar-refractivity contribution in [3.05, 3.63) is 102 Å². The lowest BCUT2D eigenvalue weighted by molar-refractivity contribution is 0.585. The Kier molecular flexibility index (Phi) is 5.96. The lowest BCUT2D eigenvalue weighted by Gasteiger charge is -2.35. The zero-order chi connectivity index (χ0) is 26.3. The van der Waals surface area contributed by atoms with E-state index in [4.69, 9.17) is 5.73 Å². The van der Waals surface area contributed by atoms with Crippen LogP contribution < -0.4 is 15.5 Å². The molecule has 10 heteroatoms. The molecule has 0 amide bonds. The SMILES string of the molecule is C[C@](N)(c1ccc(F)cc1)c1cnc(N2CCN(c3ncnn4cc(-c5ccc(F)cc5)cc34)CC2)nc1. The number of nitrogens with two attached hydrogens (primary N) is 1. The molecule has 1 aliphatic heterocycles. The highest BCUT2D eigenvalue weighted by Crippen LogP contribution is 2.29. The normalized spacial score (nSPS) is 15.6. The van der Waals surface area contributed by atoms with Gasteiger partial charge in [-0.25, -0.2) is 28.2 Å². The smallest absolute Gasteiger partial charge is 0.225 e. The maximum Gasteiger partial charge on any atom is 0.225 e. The number of benzene rings is 2. The lowest BCUT2D eigenvalue weighted by Crippen LogP contribution is -2.47. The van der Waals surface area contributed by atoms with Gasteiger partial charge in [-0.15, -0.1) is 0 Å². The second-order valence-corrected chi connectivity index (χ2v) is 9.60. The first-order valence-corrected chi connectivity index (χ1v) is 12.4. The van der Waals surface area contributed by atoms with E-state index in [-0.39, 0.29) is 11.6 Å². The molecule has 0 bridgehead atoms. The molecule has 6 rings (SSSR count). The summed E-state index contributed by atoms with van der Waals surface area (Å²) in [6, 6.07) is 14.6. The van der Waals surface area contributed by atoms with Crippen LogP contribution in [0.4, 0.5) is 20.5 Å². The van der Waals surface area contributed by atoms with Gasteiger partial charge in [0.2, 0.25) is 5.95 Å². The van der Waals surface area contributed by atoms with Crippen molar-refractivity contribution in [2.45, 2.75) is 12.5 Å². The van der Waals surface area contributed by atoms with E-state index in [9.17, 15) is 8.78 Å². The van der Waals surface area contributed by atoms with E-state index < -0.39 is 5.54 Å². The first-order chi connectivity index (χ1) is 18.4. The quantitative estimate of drug-likeness (QED) is 0.381. The van der Waals surface area contributed by atoms with Crippen LogP contribution in [0.1, 0.15) is 18.1 Å². The molecule has 8 nitrogen and oxygen atoms in total. The third kappa shape index (κ3) is 4.43. The van der Waals surface area contributed by atoms with Crippen LogP contribution in [0, 0.1) is 11.6 Å². The van der Waals surface area contributed by atoms with Crippen LogP contribution >= 0.6 is 0 Å². The second kappa shape index (κ2) is 9.46. The van der Waals surface area contributed by atoms with Gasteiger partial charge >= 0.3 is 0 Å². The van der Waals surface area contributed by atoms with Crippen LogP contribution in [0.3, 0.4) is 0 Å². The summed E-state index contributed by atoms with van der Waals surface area (Å²) in [5.74, 6) is 0.919. The minimum absolute atomic E-state index is 0.264. The summed E-state index contributed by atoms with van der Waals surface area (Å²) in [5, 5.41) is 4.36. The van der Waals surface area contributed by atoms with Crippen molar-refractivity contribution in [3.8, 4) is 11.1 Å². The van der Waals surface area contributed by atoms with Crippen LogP contribution in [0.5, 0.6) is 0 Å². The molecule has 5 aromatic rings. The van der Waals surface area contributed by atoms with E-state index in [1.54, 1.807) is 47.5 Å². The molecule has 0 unspecified atom stereocenters. The lowest BCUT2D eigenvalue weighted by atomic mass is 9.87. The van der Waals surface area contributed by atoms with Gasteiger partial charge < -0.3 is 15.5 Å². The molecule has 1 fully saturated rings. The van der Waals surface area contributed by atoms with Gasteiger partial charge in [-0.2, -0.15) is 5.10 Å². The summed E-state index contributed by atoms with van der Waals surface area (Å²) in [4.78, 5) is 18.1. The van der Waals surface area contributed by atoms with Gasteiger partial charge in [0.15, 0.2) is 5.82 Å². The molecule has 0 saturated carbocycles. The fourth-order valence-corrected chi connectivity index (χ4v) is 4.79. The molecule has 38 heavy (non-hydrogen) atoms. The summed E-state index contributed by atoms with van der Waals surface area (Å²) < 4.78 is 28.5. The van der Waals surface area contributed by atoms with Gasteiger partial charge in [0.1, 0.15) is 23.5 Å². The predicted octanol–water partition coefficient (Wildman–Crippen LogP) is 4.01. The monoisotopic (exact) mass is 512 g/mol. The number of aromatic nitrogens is 5. The van der Waals surface area contributed by atoms with Crippen molar-refractivity contribution in [1.82, 2.24) is 24.6 Å². The fourth-order valence-electron chi connectivity index (χ4n) is 4.79. The molecule has 3 aromatic heterocycles. The zero-order valence-corrected chi connectivity index (χ0v) is 20.8. The Hall–Kier alpha value is -4.44.